The lowest BCUT2D eigenvalue weighted by molar-refractivity contribution is -0.255. The average molecular weight is 368 g/mol. The van der Waals surface area contributed by atoms with E-state index in [-0.39, 0.29) is 36.4 Å². The lowest BCUT2D eigenvalue weighted by atomic mass is 10.1. The van der Waals surface area contributed by atoms with E-state index in [1.165, 1.54) is 29.2 Å². The molecule has 7 nitrogen and oxygen atoms in total. The van der Waals surface area contributed by atoms with Crippen molar-refractivity contribution in [3.05, 3.63) is 29.8 Å². The van der Waals surface area contributed by atoms with Crippen molar-refractivity contribution in [2.45, 2.75) is 49.4 Å². The lowest BCUT2D eigenvalue weighted by Crippen LogP contribution is -2.44. The van der Waals surface area contributed by atoms with Gasteiger partial charge in [0.2, 0.25) is 0 Å². The van der Waals surface area contributed by atoms with Crippen molar-refractivity contribution in [3.8, 4) is 0 Å². The fourth-order valence-electron chi connectivity index (χ4n) is 2.74. The van der Waals surface area contributed by atoms with Crippen molar-refractivity contribution in [1.82, 2.24) is 4.90 Å². The summed E-state index contributed by atoms with van der Waals surface area (Å²) < 4.78 is 30.9. The smallest absolute Gasteiger partial charge is 0.410 e. The molecule has 1 fully saturated rings. The Morgan fingerprint density at radius 2 is 1.72 bits per heavy atom. The lowest BCUT2D eigenvalue weighted by Gasteiger charge is -2.33. The molecule has 0 aromatic heterocycles. The Morgan fingerprint density at radius 1 is 1.16 bits per heavy atom. The van der Waals surface area contributed by atoms with Crippen LogP contribution in [0.4, 0.5) is 4.79 Å². The number of carbonyl (C=O) groups excluding carboxylic acids is 2. The molecule has 1 heterocycles. The Balaban J connectivity index is 2.12. The van der Waals surface area contributed by atoms with Gasteiger partial charge in [-0.2, -0.15) is 0 Å². The third-order valence-electron chi connectivity index (χ3n) is 3.95. The zero-order valence-corrected chi connectivity index (χ0v) is 15.3. The molecule has 8 heteroatoms. The van der Waals surface area contributed by atoms with Crippen LogP contribution >= 0.6 is 0 Å². The molecule has 1 amide bonds. The third kappa shape index (κ3) is 4.50. The van der Waals surface area contributed by atoms with E-state index in [1.54, 1.807) is 20.8 Å². The molecule has 1 aliphatic heterocycles. The van der Waals surface area contributed by atoms with E-state index in [2.05, 4.69) is 0 Å². The van der Waals surface area contributed by atoms with E-state index in [9.17, 15) is 23.1 Å². The Morgan fingerprint density at radius 3 is 2.24 bits per heavy atom. The quantitative estimate of drug-likeness (QED) is 0.795. The van der Waals surface area contributed by atoms with Gasteiger partial charge in [0.25, 0.3) is 0 Å². The largest absolute Gasteiger partial charge is 0.545 e. The van der Waals surface area contributed by atoms with Gasteiger partial charge in [0.1, 0.15) is 5.60 Å². The molecule has 1 saturated heterocycles. The number of carboxylic acid groups (broad SMARTS) is 1. The van der Waals surface area contributed by atoms with Crippen LogP contribution in [0.25, 0.3) is 0 Å². The number of likely N-dealkylation sites (tertiary alicyclic amines) is 1. The number of hydrogen-bond donors (Lipinski definition) is 0. The molecular formula is C17H22NO6S-. The molecule has 25 heavy (non-hydrogen) atoms. The van der Waals surface area contributed by atoms with Gasteiger partial charge in [0, 0.05) is 18.7 Å². The summed E-state index contributed by atoms with van der Waals surface area (Å²) in [4.78, 5) is 24.5. The van der Waals surface area contributed by atoms with E-state index in [1.807, 2.05) is 0 Å². The summed E-state index contributed by atoms with van der Waals surface area (Å²) >= 11 is 0. The number of hydrogen-bond acceptors (Lipinski definition) is 6. The Bertz CT molecular complexity index is 758. The van der Waals surface area contributed by atoms with Crippen LogP contribution in [-0.4, -0.2) is 49.3 Å². The summed E-state index contributed by atoms with van der Waals surface area (Å²) in [7, 11) is -3.82. The standard InChI is InChI=1S/C17H23NO6S/c1-17(2,3)24-16(21)18-10-8-12(9-11-18)25(22,23)14-7-5-4-6-13(14)15(19)20/h4-7,12H,8-11H2,1-3H3,(H,19,20)/p-1. The van der Waals surface area contributed by atoms with Gasteiger partial charge in [-0.3, -0.25) is 0 Å². The number of carbonyl (C=O) groups is 2. The van der Waals surface area contributed by atoms with Crippen molar-refractivity contribution in [1.29, 1.82) is 0 Å². The van der Waals surface area contributed by atoms with Gasteiger partial charge < -0.3 is 19.5 Å². The first-order valence-electron chi connectivity index (χ1n) is 8.04. The minimum Gasteiger partial charge on any atom is -0.545 e. The highest BCUT2D eigenvalue weighted by Gasteiger charge is 2.35. The van der Waals surface area contributed by atoms with E-state index >= 15 is 0 Å². The minimum atomic E-state index is -3.82. The van der Waals surface area contributed by atoms with Crippen LogP contribution in [0.2, 0.25) is 0 Å². The number of sulfone groups is 1. The molecule has 0 unspecified atom stereocenters. The van der Waals surface area contributed by atoms with Gasteiger partial charge in [-0.05, 0) is 39.7 Å². The fourth-order valence-corrected chi connectivity index (χ4v) is 4.65. The second-order valence-corrected chi connectivity index (χ2v) is 9.19. The van der Waals surface area contributed by atoms with Gasteiger partial charge in [0.05, 0.1) is 16.1 Å². The van der Waals surface area contributed by atoms with Gasteiger partial charge in [-0.25, -0.2) is 13.2 Å². The van der Waals surface area contributed by atoms with Crippen LogP contribution in [0.3, 0.4) is 0 Å². The van der Waals surface area contributed by atoms with Crippen LogP contribution in [0.5, 0.6) is 0 Å². The van der Waals surface area contributed by atoms with Crippen molar-refractivity contribution in [2.75, 3.05) is 13.1 Å². The number of ether oxygens (including phenoxy) is 1. The van der Waals surface area contributed by atoms with Crippen molar-refractivity contribution >= 4 is 21.9 Å². The molecule has 0 radical (unpaired) electrons. The number of piperidine rings is 1. The zero-order valence-electron chi connectivity index (χ0n) is 14.5. The predicted molar refractivity (Wildman–Crippen MR) is 88.8 cm³/mol. The Labute approximate surface area is 147 Å². The topological polar surface area (TPSA) is 104 Å². The second-order valence-electron chi connectivity index (χ2n) is 7.00. The fraction of sp³-hybridized carbons (Fsp3) is 0.529. The highest BCUT2D eigenvalue weighted by Crippen LogP contribution is 2.27. The van der Waals surface area contributed by atoms with Crippen LogP contribution in [-0.2, 0) is 14.6 Å². The van der Waals surface area contributed by atoms with Crippen molar-refractivity contribution in [3.63, 3.8) is 0 Å². The Hall–Kier alpha value is -2.09. The summed E-state index contributed by atoms with van der Waals surface area (Å²) in [6.07, 6.45) is -0.0233. The second kappa shape index (κ2) is 7.03. The SMILES string of the molecule is CC(C)(C)OC(=O)N1CCC(S(=O)(=O)c2ccccc2C(=O)[O-])CC1. The molecule has 0 N–H and O–H groups in total. The first-order chi connectivity index (χ1) is 11.5. The monoisotopic (exact) mass is 368 g/mol. The number of rotatable bonds is 3. The van der Waals surface area contributed by atoms with Crippen LogP contribution < -0.4 is 5.11 Å². The molecule has 0 saturated carbocycles. The Kier molecular flexibility index (Phi) is 5.41. The third-order valence-corrected chi connectivity index (χ3v) is 6.26. The van der Waals surface area contributed by atoms with E-state index < -0.39 is 32.8 Å². The van der Waals surface area contributed by atoms with Gasteiger partial charge >= 0.3 is 6.09 Å². The molecule has 138 valence electrons. The molecule has 1 aromatic carbocycles. The number of aromatic carboxylic acids is 1. The highest BCUT2D eigenvalue weighted by molar-refractivity contribution is 7.92. The van der Waals surface area contributed by atoms with Crippen molar-refractivity contribution < 1.29 is 27.9 Å². The molecule has 0 aliphatic carbocycles. The van der Waals surface area contributed by atoms with Crippen LogP contribution in [0.15, 0.2) is 29.2 Å². The molecule has 1 aromatic rings. The summed E-state index contributed by atoms with van der Waals surface area (Å²) in [5.74, 6) is -1.52. The molecule has 0 atom stereocenters. The minimum absolute atomic E-state index is 0.225. The predicted octanol–water partition coefficient (Wildman–Crippen LogP) is 1.22. The molecule has 1 aliphatic rings. The van der Waals surface area contributed by atoms with Gasteiger partial charge in [-0.1, -0.05) is 18.2 Å². The first-order valence-corrected chi connectivity index (χ1v) is 9.59. The number of benzene rings is 1. The summed E-state index contributed by atoms with van der Waals surface area (Å²) in [5.41, 5.74) is -0.954. The van der Waals surface area contributed by atoms with E-state index in [0.29, 0.717) is 0 Å². The van der Waals surface area contributed by atoms with Gasteiger partial charge in [-0.15, -0.1) is 0 Å². The van der Waals surface area contributed by atoms with Crippen LogP contribution in [0.1, 0.15) is 44.0 Å². The van der Waals surface area contributed by atoms with Crippen LogP contribution in [0, 0.1) is 0 Å². The molecular weight excluding hydrogens is 346 g/mol. The maximum Gasteiger partial charge on any atom is 0.410 e. The normalized spacial score (nSPS) is 16.5. The summed E-state index contributed by atoms with van der Waals surface area (Å²) in [6.45, 7) is 5.77. The number of nitrogens with zero attached hydrogens (tertiary/aromatic N) is 1. The average Bonchev–Trinajstić information content (AvgIpc) is 2.53. The first kappa shape index (κ1) is 19.2. The van der Waals surface area contributed by atoms with E-state index in [4.69, 9.17) is 4.74 Å². The maximum atomic E-state index is 12.8. The van der Waals surface area contributed by atoms with Gasteiger partial charge in [0.15, 0.2) is 9.84 Å². The molecule has 0 spiro atoms. The number of amides is 1. The van der Waals surface area contributed by atoms with Crippen molar-refractivity contribution in [2.24, 2.45) is 0 Å². The zero-order chi connectivity index (χ0) is 18.8. The number of carboxylic acids is 1. The summed E-state index contributed by atoms with van der Waals surface area (Å²) in [5, 5.41) is 10.4. The van der Waals surface area contributed by atoms with E-state index in [0.717, 1.165) is 0 Å². The molecule has 0 bridgehead atoms. The molecule has 2 rings (SSSR count). The maximum absolute atomic E-state index is 12.8. The summed E-state index contributed by atoms with van der Waals surface area (Å²) in [6, 6.07) is 5.43. The highest BCUT2D eigenvalue weighted by atomic mass is 32.2.